The fraction of sp³-hybridized carbons (Fsp3) is 0.562. The highest BCUT2D eigenvalue weighted by Gasteiger charge is 2.49. The zero-order valence-corrected chi connectivity index (χ0v) is 13.5. The highest BCUT2D eigenvalue weighted by molar-refractivity contribution is 9.08. The summed E-state index contributed by atoms with van der Waals surface area (Å²) in [5.41, 5.74) is 1.97. The lowest BCUT2D eigenvalue weighted by Gasteiger charge is -2.38. The molecule has 1 aromatic rings. The summed E-state index contributed by atoms with van der Waals surface area (Å²) < 4.78 is 11.6. The number of benzene rings is 1. The molecule has 1 unspecified atom stereocenters. The van der Waals surface area contributed by atoms with Gasteiger partial charge in [0.25, 0.3) is 0 Å². The number of rotatable bonds is 3. The Morgan fingerprint density at radius 2 is 2.14 bits per heavy atom. The van der Waals surface area contributed by atoms with Crippen LogP contribution in [0.3, 0.4) is 0 Å². The lowest BCUT2D eigenvalue weighted by molar-refractivity contribution is -0.210. The maximum absolute atomic E-state index is 12.6. The number of hydrogen-bond acceptors (Lipinski definition) is 3. The van der Waals surface area contributed by atoms with Crippen molar-refractivity contribution in [3.05, 3.63) is 29.8 Å². The van der Waals surface area contributed by atoms with Gasteiger partial charge in [-0.1, -0.05) is 34.5 Å². The van der Waals surface area contributed by atoms with Crippen LogP contribution in [0.5, 0.6) is 0 Å². The molecule has 1 aromatic carbocycles. The third kappa shape index (κ3) is 3.15. The van der Waals surface area contributed by atoms with E-state index in [9.17, 15) is 4.79 Å². The number of carbonyl (C=O) groups excluding carboxylic acids is 1. The van der Waals surface area contributed by atoms with Crippen molar-refractivity contribution in [2.24, 2.45) is 5.92 Å². The largest absolute Gasteiger partial charge is 0.347 e. The highest BCUT2D eigenvalue weighted by Crippen LogP contribution is 2.41. The van der Waals surface area contributed by atoms with Crippen molar-refractivity contribution in [1.82, 2.24) is 0 Å². The molecule has 1 saturated carbocycles. The second-order valence-corrected chi connectivity index (χ2v) is 6.19. The number of hydrogen-bond donors (Lipinski definition) is 1. The molecule has 4 nitrogen and oxygen atoms in total. The quantitative estimate of drug-likeness (QED) is 0.846. The maximum Gasteiger partial charge on any atom is 0.232 e. The summed E-state index contributed by atoms with van der Waals surface area (Å²) >= 11 is 3.43. The average Bonchev–Trinajstić information content (AvgIpc) is 2.96. The Morgan fingerprint density at radius 3 is 2.90 bits per heavy atom. The first-order valence-electron chi connectivity index (χ1n) is 7.47. The Hall–Kier alpha value is -0.910. The van der Waals surface area contributed by atoms with Crippen molar-refractivity contribution in [2.45, 2.75) is 36.8 Å². The standard InChI is InChI=1S/C16H20BrNO3/c17-11-12-4-3-5-13(10-12)18-15(19)14-6-1-2-7-16(14)20-8-9-21-16/h3-5,10,14H,1-2,6-9,11H2,(H,18,19). The summed E-state index contributed by atoms with van der Waals surface area (Å²) in [7, 11) is 0. The van der Waals surface area contributed by atoms with Gasteiger partial charge in [0.15, 0.2) is 5.79 Å². The molecule has 5 heteroatoms. The molecule has 0 aromatic heterocycles. The SMILES string of the molecule is O=C(Nc1cccc(CBr)c1)C1CCCCC12OCCO2. The second-order valence-electron chi connectivity index (χ2n) is 5.63. The van der Waals surface area contributed by atoms with Crippen LogP contribution in [0.2, 0.25) is 0 Å². The van der Waals surface area contributed by atoms with Gasteiger partial charge in [-0.3, -0.25) is 4.79 Å². The van der Waals surface area contributed by atoms with E-state index in [0.717, 1.165) is 42.3 Å². The van der Waals surface area contributed by atoms with E-state index in [0.29, 0.717) is 13.2 Å². The summed E-state index contributed by atoms with van der Waals surface area (Å²) in [6.45, 7) is 1.17. The number of amides is 1. The van der Waals surface area contributed by atoms with E-state index in [1.807, 2.05) is 24.3 Å². The molecular formula is C16H20BrNO3. The van der Waals surface area contributed by atoms with E-state index in [2.05, 4.69) is 21.2 Å². The van der Waals surface area contributed by atoms with Gasteiger partial charge in [-0.05, 0) is 30.5 Å². The smallest absolute Gasteiger partial charge is 0.232 e. The monoisotopic (exact) mass is 353 g/mol. The topological polar surface area (TPSA) is 47.6 Å². The molecule has 1 heterocycles. The normalized spacial score (nSPS) is 24.1. The number of halogens is 1. The number of alkyl halides is 1. The Morgan fingerprint density at radius 1 is 1.33 bits per heavy atom. The van der Waals surface area contributed by atoms with Gasteiger partial charge < -0.3 is 14.8 Å². The van der Waals surface area contributed by atoms with E-state index >= 15 is 0 Å². The third-order valence-corrected chi connectivity index (χ3v) is 4.89. The summed E-state index contributed by atoms with van der Waals surface area (Å²) in [6, 6.07) is 7.87. The Labute approximate surface area is 133 Å². The molecule has 114 valence electrons. The van der Waals surface area contributed by atoms with Crippen molar-refractivity contribution in [2.75, 3.05) is 18.5 Å². The van der Waals surface area contributed by atoms with Crippen molar-refractivity contribution in [3.8, 4) is 0 Å². The van der Waals surface area contributed by atoms with Crippen molar-refractivity contribution in [3.63, 3.8) is 0 Å². The molecule has 1 saturated heterocycles. The summed E-state index contributed by atoms with van der Waals surface area (Å²) in [5, 5.41) is 3.79. The number of nitrogens with one attached hydrogen (secondary N) is 1. The highest BCUT2D eigenvalue weighted by atomic mass is 79.9. The molecule has 0 bridgehead atoms. The van der Waals surface area contributed by atoms with Gasteiger partial charge in [-0.25, -0.2) is 0 Å². The molecule has 1 spiro atoms. The van der Waals surface area contributed by atoms with Crippen molar-refractivity contribution < 1.29 is 14.3 Å². The van der Waals surface area contributed by atoms with E-state index in [4.69, 9.17) is 9.47 Å². The number of carbonyl (C=O) groups is 1. The van der Waals surface area contributed by atoms with Crippen molar-refractivity contribution >= 4 is 27.5 Å². The molecule has 1 N–H and O–H groups in total. The molecule has 1 aliphatic carbocycles. The summed E-state index contributed by atoms with van der Waals surface area (Å²) in [4.78, 5) is 12.6. The minimum absolute atomic E-state index is 0.00308. The van der Waals surface area contributed by atoms with Gasteiger partial charge in [-0.15, -0.1) is 0 Å². The molecule has 21 heavy (non-hydrogen) atoms. The lowest BCUT2D eigenvalue weighted by atomic mass is 9.82. The van der Waals surface area contributed by atoms with Crippen molar-refractivity contribution in [1.29, 1.82) is 0 Å². The molecule has 3 rings (SSSR count). The van der Waals surface area contributed by atoms with Gasteiger partial charge in [0.1, 0.15) is 0 Å². The minimum atomic E-state index is -0.685. The molecule has 1 atom stereocenters. The Balaban J connectivity index is 1.74. The predicted octanol–water partition coefficient (Wildman–Crippen LogP) is 3.45. The van der Waals surface area contributed by atoms with Crippen LogP contribution in [-0.4, -0.2) is 24.9 Å². The van der Waals surface area contributed by atoms with Gasteiger partial charge in [0.2, 0.25) is 5.91 Å². The predicted molar refractivity (Wildman–Crippen MR) is 84.3 cm³/mol. The zero-order valence-electron chi connectivity index (χ0n) is 11.9. The molecule has 0 radical (unpaired) electrons. The summed E-state index contributed by atoms with van der Waals surface area (Å²) in [5.74, 6) is -0.903. The first-order chi connectivity index (χ1) is 10.2. The number of anilines is 1. The van der Waals surface area contributed by atoms with Crippen LogP contribution < -0.4 is 5.32 Å². The van der Waals surface area contributed by atoms with Crippen LogP contribution in [0.15, 0.2) is 24.3 Å². The maximum atomic E-state index is 12.6. The van der Waals surface area contributed by atoms with Gasteiger partial charge in [0, 0.05) is 17.4 Å². The van der Waals surface area contributed by atoms with Crippen LogP contribution in [0.25, 0.3) is 0 Å². The van der Waals surface area contributed by atoms with Gasteiger partial charge >= 0.3 is 0 Å². The van der Waals surface area contributed by atoms with Crippen LogP contribution in [-0.2, 0) is 19.6 Å². The van der Waals surface area contributed by atoms with E-state index < -0.39 is 5.79 Å². The van der Waals surface area contributed by atoms with Crippen LogP contribution >= 0.6 is 15.9 Å². The van der Waals surface area contributed by atoms with E-state index in [-0.39, 0.29) is 11.8 Å². The lowest BCUT2D eigenvalue weighted by Crippen LogP contribution is -2.47. The Kier molecular flexibility index (Phi) is 4.62. The van der Waals surface area contributed by atoms with Gasteiger partial charge in [-0.2, -0.15) is 0 Å². The molecule has 2 aliphatic rings. The fourth-order valence-electron chi connectivity index (χ4n) is 3.22. The molecule has 2 fully saturated rings. The molecule has 1 amide bonds. The minimum Gasteiger partial charge on any atom is -0.347 e. The molecular weight excluding hydrogens is 334 g/mol. The van der Waals surface area contributed by atoms with Crippen LogP contribution in [0.4, 0.5) is 5.69 Å². The first kappa shape index (κ1) is 15.0. The fourth-order valence-corrected chi connectivity index (χ4v) is 3.57. The van der Waals surface area contributed by atoms with E-state index in [1.165, 1.54) is 0 Å². The second kappa shape index (κ2) is 6.46. The number of ether oxygens (including phenoxy) is 2. The molecule has 1 aliphatic heterocycles. The third-order valence-electron chi connectivity index (χ3n) is 4.24. The van der Waals surface area contributed by atoms with Gasteiger partial charge in [0.05, 0.1) is 19.1 Å². The zero-order chi connectivity index (χ0) is 14.7. The first-order valence-corrected chi connectivity index (χ1v) is 8.59. The van der Waals surface area contributed by atoms with E-state index in [1.54, 1.807) is 0 Å². The Bertz CT molecular complexity index is 514. The van der Waals surface area contributed by atoms with Crippen LogP contribution in [0, 0.1) is 5.92 Å². The summed E-state index contributed by atoms with van der Waals surface area (Å²) in [6.07, 6.45) is 3.74. The average molecular weight is 354 g/mol. The van der Waals surface area contributed by atoms with Crippen LogP contribution in [0.1, 0.15) is 31.2 Å².